The first-order valence-electron chi connectivity index (χ1n) is 10.2. The normalized spacial score (nSPS) is 19.4. The van der Waals surface area contributed by atoms with Gasteiger partial charge in [-0.25, -0.2) is 4.39 Å². The molecule has 0 heterocycles. The van der Waals surface area contributed by atoms with E-state index in [9.17, 15) is 4.39 Å². The fraction of sp³-hybridized carbons (Fsp3) is 0.440. The summed E-state index contributed by atoms with van der Waals surface area (Å²) in [6.07, 6.45) is 10.9. The van der Waals surface area contributed by atoms with E-state index in [2.05, 4.69) is 43.0 Å². The first kappa shape index (κ1) is 20.0. The standard InChI is InChI=1S/C25H28ClF/c1-2-3-19-4-6-20(7-5-19)8-9-21-10-12-22(13-11-21)14-15-23-16-17-24(26)25(27)18-23/h10-13,16-20H,2-9H2,1H3. The van der Waals surface area contributed by atoms with Crippen molar-refractivity contribution >= 4 is 11.6 Å². The largest absolute Gasteiger partial charge is 0.205 e. The molecule has 0 atom stereocenters. The van der Waals surface area contributed by atoms with Crippen LogP contribution in [-0.2, 0) is 6.42 Å². The third-order valence-electron chi connectivity index (χ3n) is 5.73. The Hall–Kier alpha value is -1.78. The number of benzene rings is 2. The van der Waals surface area contributed by atoms with E-state index < -0.39 is 5.82 Å². The smallest absolute Gasteiger partial charge is 0.143 e. The van der Waals surface area contributed by atoms with E-state index in [1.54, 1.807) is 12.1 Å². The molecule has 0 aromatic heterocycles. The maximum absolute atomic E-state index is 13.5. The van der Waals surface area contributed by atoms with Crippen LogP contribution in [0.1, 0.15) is 68.6 Å². The van der Waals surface area contributed by atoms with Crippen LogP contribution in [0.5, 0.6) is 0 Å². The highest BCUT2D eigenvalue weighted by Gasteiger charge is 2.20. The van der Waals surface area contributed by atoms with Crippen LogP contribution in [0.4, 0.5) is 4.39 Å². The molecule has 1 aliphatic rings. The summed E-state index contributed by atoms with van der Waals surface area (Å²) in [6.45, 7) is 2.30. The van der Waals surface area contributed by atoms with Crippen molar-refractivity contribution in [2.24, 2.45) is 11.8 Å². The van der Waals surface area contributed by atoms with Crippen molar-refractivity contribution in [3.05, 3.63) is 70.0 Å². The molecule has 27 heavy (non-hydrogen) atoms. The Kier molecular flexibility index (Phi) is 7.36. The molecular weight excluding hydrogens is 355 g/mol. The van der Waals surface area contributed by atoms with Crippen molar-refractivity contribution in [1.29, 1.82) is 0 Å². The first-order chi connectivity index (χ1) is 13.1. The lowest BCUT2D eigenvalue weighted by Crippen LogP contribution is -2.15. The van der Waals surface area contributed by atoms with Gasteiger partial charge in [-0.05, 0) is 60.6 Å². The van der Waals surface area contributed by atoms with Gasteiger partial charge in [0.1, 0.15) is 5.82 Å². The first-order valence-corrected chi connectivity index (χ1v) is 10.6. The Morgan fingerprint density at radius 1 is 0.889 bits per heavy atom. The molecule has 2 aromatic rings. The molecule has 1 saturated carbocycles. The van der Waals surface area contributed by atoms with Gasteiger partial charge in [0.25, 0.3) is 0 Å². The van der Waals surface area contributed by atoms with Gasteiger partial charge in [-0.3, -0.25) is 0 Å². The SMILES string of the molecule is CCCC1CCC(CCc2ccc(C#Cc3ccc(Cl)c(F)c3)cc2)CC1. The van der Waals surface area contributed by atoms with Crippen LogP contribution >= 0.6 is 11.6 Å². The van der Waals surface area contributed by atoms with Gasteiger partial charge in [-0.2, -0.15) is 0 Å². The Bertz CT molecular complexity index is 789. The Labute approximate surface area is 168 Å². The summed E-state index contributed by atoms with van der Waals surface area (Å²) in [5.74, 6) is 7.55. The second-order valence-corrected chi connectivity index (χ2v) is 8.20. The number of rotatable bonds is 5. The number of halogens is 2. The van der Waals surface area contributed by atoms with Crippen LogP contribution in [0.3, 0.4) is 0 Å². The van der Waals surface area contributed by atoms with E-state index in [1.807, 2.05) is 0 Å². The van der Waals surface area contributed by atoms with Crippen LogP contribution in [0.25, 0.3) is 0 Å². The number of hydrogen-bond donors (Lipinski definition) is 0. The van der Waals surface area contributed by atoms with Gasteiger partial charge < -0.3 is 0 Å². The molecule has 0 nitrogen and oxygen atoms in total. The maximum Gasteiger partial charge on any atom is 0.143 e. The van der Waals surface area contributed by atoms with Crippen molar-refractivity contribution in [1.82, 2.24) is 0 Å². The monoisotopic (exact) mass is 382 g/mol. The second kappa shape index (κ2) is 9.95. The lowest BCUT2D eigenvalue weighted by molar-refractivity contribution is 0.252. The minimum atomic E-state index is -0.428. The van der Waals surface area contributed by atoms with E-state index >= 15 is 0 Å². The Balaban J connectivity index is 1.49. The van der Waals surface area contributed by atoms with Crippen molar-refractivity contribution in [3.63, 3.8) is 0 Å². The average molecular weight is 383 g/mol. The van der Waals surface area contributed by atoms with E-state index in [0.717, 1.165) is 23.8 Å². The molecule has 3 rings (SSSR count). The molecular formula is C25H28ClF. The molecule has 1 aliphatic carbocycles. The number of aryl methyl sites for hydroxylation is 1. The van der Waals surface area contributed by atoms with Crippen LogP contribution in [-0.4, -0.2) is 0 Å². The quantitative estimate of drug-likeness (QED) is 0.472. The van der Waals surface area contributed by atoms with Gasteiger partial charge in [-0.1, -0.05) is 81.0 Å². The third kappa shape index (κ3) is 6.12. The van der Waals surface area contributed by atoms with Crippen LogP contribution in [0.15, 0.2) is 42.5 Å². The molecule has 0 radical (unpaired) electrons. The molecule has 0 spiro atoms. The van der Waals surface area contributed by atoms with Gasteiger partial charge in [-0.15, -0.1) is 0 Å². The van der Waals surface area contributed by atoms with Crippen molar-refractivity contribution in [2.45, 2.75) is 58.3 Å². The zero-order valence-electron chi connectivity index (χ0n) is 16.1. The lowest BCUT2D eigenvalue weighted by atomic mass is 9.78. The topological polar surface area (TPSA) is 0 Å². The zero-order chi connectivity index (χ0) is 19.1. The van der Waals surface area contributed by atoms with E-state index in [4.69, 9.17) is 11.6 Å². The molecule has 2 aromatic carbocycles. The fourth-order valence-electron chi connectivity index (χ4n) is 4.06. The highest BCUT2D eigenvalue weighted by Crippen LogP contribution is 2.33. The van der Waals surface area contributed by atoms with Gasteiger partial charge in [0.15, 0.2) is 0 Å². The zero-order valence-corrected chi connectivity index (χ0v) is 16.9. The molecule has 2 heteroatoms. The molecule has 0 bridgehead atoms. The fourth-order valence-corrected chi connectivity index (χ4v) is 4.18. The molecule has 1 fully saturated rings. The minimum absolute atomic E-state index is 0.128. The molecule has 0 aliphatic heterocycles. The summed E-state index contributed by atoms with van der Waals surface area (Å²) in [5.41, 5.74) is 2.97. The maximum atomic E-state index is 13.5. The van der Waals surface area contributed by atoms with Crippen molar-refractivity contribution in [3.8, 4) is 11.8 Å². The van der Waals surface area contributed by atoms with Crippen LogP contribution in [0, 0.1) is 29.5 Å². The average Bonchev–Trinajstić information content (AvgIpc) is 2.69. The molecule has 0 unspecified atom stereocenters. The highest BCUT2D eigenvalue weighted by atomic mass is 35.5. The van der Waals surface area contributed by atoms with Crippen LogP contribution < -0.4 is 0 Å². The van der Waals surface area contributed by atoms with E-state index in [0.29, 0.717) is 5.56 Å². The van der Waals surface area contributed by atoms with Gasteiger partial charge in [0, 0.05) is 11.1 Å². The predicted octanol–water partition coefficient (Wildman–Crippen LogP) is 7.42. The molecule has 0 amide bonds. The molecule has 0 saturated heterocycles. The van der Waals surface area contributed by atoms with E-state index in [-0.39, 0.29) is 5.02 Å². The lowest BCUT2D eigenvalue weighted by Gasteiger charge is -2.28. The highest BCUT2D eigenvalue weighted by molar-refractivity contribution is 6.30. The van der Waals surface area contributed by atoms with Gasteiger partial charge in [0.2, 0.25) is 0 Å². The van der Waals surface area contributed by atoms with E-state index in [1.165, 1.54) is 56.6 Å². The number of hydrogen-bond acceptors (Lipinski definition) is 0. The summed E-state index contributed by atoms with van der Waals surface area (Å²) in [4.78, 5) is 0. The van der Waals surface area contributed by atoms with Crippen LogP contribution in [0.2, 0.25) is 5.02 Å². The predicted molar refractivity (Wildman–Crippen MR) is 113 cm³/mol. The summed E-state index contributed by atoms with van der Waals surface area (Å²) in [7, 11) is 0. The second-order valence-electron chi connectivity index (χ2n) is 7.79. The summed E-state index contributed by atoms with van der Waals surface area (Å²) in [5, 5.41) is 0.128. The summed E-state index contributed by atoms with van der Waals surface area (Å²) < 4.78 is 13.5. The van der Waals surface area contributed by atoms with Crippen molar-refractivity contribution < 1.29 is 4.39 Å². The third-order valence-corrected chi connectivity index (χ3v) is 6.04. The summed E-state index contributed by atoms with van der Waals surface area (Å²) >= 11 is 5.70. The van der Waals surface area contributed by atoms with Gasteiger partial charge in [0.05, 0.1) is 5.02 Å². The minimum Gasteiger partial charge on any atom is -0.205 e. The summed E-state index contributed by atoms with van der Waals surface area (Å²) in [6, 6.07) is 13.1. The Morgan fingerprint density at radius 3 is 2.11 bits per heavy atom. The van der Waals surface area contributed by atoms with Gasteiger partial charge >= 0.3 is 0 Å². The Morgan fingerprint density at radius 2 is 1.48 bits per heavy atom. The molecule has 142 valence electrons. The van der Waals surface area contributed by atoms with Crippen molar-refractivity contribution in [2.75, 3.05) is 0 Å². The molecule has 0 N–H and O–H groups in total.